The second-order valence-corrected chi connectivity index (χ2v) is 4.63. The van der Waals surface area contributed by atoms with Crippen LogP contribution in [0.2, 0.25) is 0 Å². The number of nitriles is 1. The van der Waals surface area contributed by atoms with Gasteiger partial charge in [-0.15, -0.1) is 0 Å². The van der Waals surface area contributed by atoms with Crippen LogP contribution < -0.4 is 10.5 Å². The van der Waals surface area contributed by atoms with Gasteiger partial charge in [0.05, 0.1) is 18.9 Å². The lowest BCUT2D eigenvalue weighted by atomic mass is 10.0. The minimum atomic E-state index is 0.186. The summed E-state index contributed by atoms with van der Waals surface area (Å²) in [5.74, 6) is 1.54. The van der Waals surface area contributed by atoms with Crippen molar-refractivity contribution in [3.8, 4) is 34.4 Å². The van der Waals surface area contributed by atoms with Gasteiger partial charge in [-0.1, -0.05) is 12.1 Å². The van der Waals surface area contributed by atoms with Gasteiger partial charge in [0.25, 0.3) is 0 Å². The van der Waals surface area contributed by atoms with Gasteiger partial charge in [-0.2, -0.15) is 5.26 Å². The maximum absolute atomic E-state index is 9.18. The molecule has 0 amide bonds. The van der Waals surface area contributed by atoms with E-state index in [0.29, 0.717) is 17.0 Å². The highest BCUT2D eigenvalue weighted by molar-refractivity contribution is 5.81. The van der Waals surface area contributed by atoms with Gasteiger partial charge in [0.2, 0.25) is 0 Å². The van der Waals surface area contributed by atoms with E-state index < -0.39 is 0 Å². The fourth-order valence-corrected chi connectivity index (χ4v) is 2.21. The molecule has 0 atom stereocenters. The highest BCUT2D eigenvalue weighted by Crippen LogP contribution is 2.33. The monoisotopic (exact) mass is 291 g/mol. The Balaban J connectivity index is 2.21. The lowest BCUT2D eigenvalue weighted by Crippen LogP contribution is -1.99. The van der Waals surface area contributed by atoms with Crippen molar-refractivity contribution in [1.29, 1.82) is 5.26 Å². The van der Waals surface area contributed by atoms with Crippen molar-refractivity contribution in [2.45, 2.75) is 0 Å². The van der Waals surface area contributed by atoms with Gasteiger partial charge in [0.1, 0.15) is 23.3 Å². The van der Waals surface area contributed by atoms with E-state index >= 15 is 0 Å². The van der Waals surface area contributed by atoms with Crippen LogP contribution in [0.1, 0.15) is 5.56 Å². The van der Waals surface area contributed by atoms with Gasteiger partial charge in [0, 0.05) is 5.56 Å². The van der Waals surface area contributed by atoms with Gasteiger partial charge in [-0.25, -0.2) is 4.98 Å². The van der Waals surface area contributed by atoms with E-state index in [1.807, 2.05) is 24.3 Å². The van der Waals surface area contributed by atoms with Crippen molar-refractivity contribution < 1.29 is 9.15 Å². The molecule has 0 bridgehead atoms. The van der Waals surface area contributed by atoms with Crippen molar-refractivity contribution in [1.82, 2.24) is 4.98 Å². The van der Waals surface area contributed by atoms with E-state index in [1.165, 1.54) is 0 Å². The number of ether oxygens (including phenoxy) is 1. The predicted molar refractivity (Wildman–Crippen MR) is 83.1 cm³/mol. The van der Waals surface area contributed by atoms with Gasteiger partial charge < -0.3 is 14.9 Å². The normalized spacial score (nSPS) is 10.2. The topological polar surface area (TPSA) is 85.1 Å². The summed E-state index contributed by atoms with van der Waals surface area (Å²) in [6.45, 7) is 0. The molecule has 5 nitrogen and oxygen atoms in total. The molecule has 0 aliphatic heterocycles. The van der Waals surface area contributed by atoms with E-state index in [-0.39, 0.29) is 5.82 Å². The van der Waals surface area contributed by atoms with Crippen molar-refractivity contribution >= 4 is 5.82 Å². The molecule has 0 radical (unpaired) electrons. The summed E-state index contributed by atoms with van der Waals surface area (Å²) in [5.41, 5.74) is 8.45. The second kappa shape index (κ2) is 5.62. The van der Waals surface area contributed by atoms with E-state index in [9.17, 15) is 5.26 Å². The highest BCUT2D eigenvalue weighted by Gasteiger charge is 2.15. The number of nitrogen functional groups attached to an aromatic ring is 1. The summed E-state index contributed by atoms with van der Waals surface area (Å²) < 4.78 is 10.6. The van der Waals surface area contributed by atoms with Gasteiger partial charge in [-0.05, 0) is 35.9 Å². The molecule has 22 heavy (non-hydrogen) atoms. The second-order valence-electron chi connectivity index (χ2n) is 4.63. The fourth-order valence-electron chi connectivity index (χ4n) is 2.21. The van der Waals surface area contributed by atoms with Crippen LogP contribution in [-0.2, 0) is 0 Å². The number of furan rings is 1. The standard InChI is InChI=1S/C17H13N3O2/c1-21-13-6-4-11(5-7-13)14-9-12(10-18)17(19)20-16(14)15-3-2-8-22-15/h2-9H,1H3,(H2,19,20). The number of hydrogen-bond acceptors (Lipinski definition) is 5. The van der Waals surface area contributed by atoms with E-state index in [2.05, 4.69) is 11.1 Å². The molecule has 0 aliphatic carbocycles. The Labute approximate surface area is 127 Å². The first-order chi connectivity index (χ1) is 10.7. The summed E-state index contributed by atoms with van der Waals surface area (Å²) in [6.07, 6.45) is 1.57. The Bertz CT molecular complexity index is 832. The van der Waals surface area contributed by atoms with Crippen LogP contribution >= 0.6 is 0 Å². The zero-order valence-corrected chi connectivity index (χ0v) is 11.9. The summed E-state index contributed by atoms with van der Waals surface area (Å²) in [4.78, 5) is 4.34. The molecule has 0 saturated heterocycles. The minimum absolute atomic E-state index is 0.186. The summed E-state index contributed by atoms with van der Waals surface area (Å²) in [6, 6.07) is 14.9. The third-order valence-corrected chi connectivity index (χ3v) is 3.33. The van der Waals surface area contributed by atoms with Crippen LogP contribution in [-0.4, -0.2) is 12.1 Å². The number of methoxy groups -OCH3 is 1. The van der Waals surface area contributed by atoms with Crippen molar-refractivity contribution in [2.24, 2.45) is 0 Å². The predicted octanol–water partition coefficient (Wildman–Crippen LogP) is 3.47. The summed E-state index contributed by atoms with van der Waals surface area (Å²) >= 11 is 0. The van der Waals surface area contributed by atoms with Gasteiger partial charge in [-0.3, -0.25) is 0 Å². The molecule has 108 valence electrons. The summed E-state index contributed by atoms with van der Waals surface area (Å²) in [5, 5.41) is 9.18. The Hall–Kier alpha value is -3.26. The molecule has 0 fully saturated rings. The smallest absolute Gasteiger partial charge is 0.152 e. The number of benzene rings is 1. The molecule has 2 aromatic heterocycles. The molecule has 2 N–H and O–H groups in total. The minimum Gasteiger partial charge on any atom is -0.497 e. The van der Waals surface area contributed by atoms with Crippen LogP contribution in [0.4, 0.5) is 5.82 Å². The summed E-state index contributed by atoms with van der Waals surface area (Å²) in [7, 11) is 1.61. The zero-order valence-electron chi connectivity index (χ0n) is 11.9. The third-order valence-electron chi connectivity index (χ3n) is 3.33. The molecule has 2 heterocycles. The maximum Gasteiger partial charge on any atom is 0.152 e. The molecule has 0 saturated carbocycles. The quantitative estimate of drug-likeness (QED) is 0.798. The highest BCUT2D eigenvalue weighted by atomic mass is 16.5. The molecular formula is C17H13N3O2. The molecule has 3 rings (SSSR count). The van der Waals surface area contributed by atoms with Crippen LogP contribution in [0.15, 0.2) is 53.1 Å². The molecule has 0 spiro atoms. The number of rotatable bonds is 3. The Morgan fingerprint density at radius 2 is 2.00 bits per heavy atom. The van der Waals surface area contributed by atoms with Gasteiger partial charge >= 0.3 is 0 Å². The maximum atomic E-state index is 9.18. The molecule has 0 aliphatic rings. The zero-order chi connectivity index (χ0) is 15.5. The Morgan fingerprint density at radius 3 is 2.59 bits per heavy atom. The van der Waals surface area contributed by atoms with Crippen LogP contribution in [0.25, 0.3) is 22.6 Å². The van der Waals surface area contributed by atoms with Crippen molar-refractivity contribution in [3.63, 3.8) is 0 Å². The van der Waals surface area contributed by atoms with Crippen LogP contribution in [0.5, 0.6) is 5.75 Å². The average molecular weight is 291 g/mol. The van der Waals surface area contributed by atoms with E-state index in [1.54, 1.807) is 31.6 Å². The number of nitrogens with zero attached hydrogens (tertiary/aromatic N) is 2. The van der Waals surface area contributed by atoms with E-state index in [0.717, 1.165) is 16.9 Å². The molecule has 3 aromatic rings. The number of hydrogen-bond donors (Lipinski definition) is 1. The number of pyridine rings is 1. The first-order valence-corrected chi connectivity index (χ1v) is 6.62. The number of nitrogens with two attached hydrogens (primary N) is 1. The molecule has 0 unspecified atom stereocenters. The van der Waals surface area contributed by atoms with Crippen molar-refractivity contribution in [2.75, 3.05) is 12.8 Å². The first-order valence-electron chi connectivity index (χ1n) is 6.62. The Morgan fingerprint density at radius 1 is 1.23 bits per heavy atom. The lowest BCUT2D eigenvalue weighted by Gasteiger charge is -2.10. The lowest BCUT2D eigenvalue weighted by molar-refractivity contribution is 0.415. The van der Waals surface area contributed by atoms with Crippen LogP contribution in [0, 0.1) is 11.3 Å². The van der Waals surface area contributed by atoms with Crippen molar-refractivity contribution in [3.05, 3.63) is 54.3 Å². The Kier molecular flexibility index (Phi) is 3.50. The van der Waals surface area contributed by atoms with Crippen LogP contribution in [0.3, 0.4) is 0 Å². The SMILES string of the molecule is COc1ccc(-c2cc(C#N)c(N)nc2-c2ccco2)cc1. The molecule has 5 heteroatoms. The molecular weight excluding hydrogens is 278 g/mol. The third kappa shape index (κ3) is 2.38. The first kappa shape index (κ1) is 13.7. The largest absolute Gasteiger partial charge is 0.497 e. The van der Waals surface area contributed by atoms with Gasteiger partial charge in [0.15, 0.2) is 5.76 Å². The average Bonchev–Trinajstić information content (AvgIpc) is 3.09. The van der Waals surface area contributed by atoms with E-state index in [4.69, 9.17) is 14.9 Å². The molecule has 1 aromatic carbocycles. The number of aromatic nitrogens is 1. The number of anilines is 1. The fraction of sp³-hybridized carbons (Fsp3) is 0.0588.